The van der Waals surface area contributed by atoms with E-state index in [-0.39, 0.29) is 0 Å². The summed E-state index contributed by atoms with van der Waals surface area (Å²) in [5.41, 5.74) is 0.419. The molecule has 0 saturated carbocycles. The van der Waals surface area contributed by atoms with Crippen molar-refractivity contribution in [1.29, 1.82) is 0 Å². The molecule has 1 heterocycles. The van der Waals surface area contributed by atoms with Gasteiger partial charge < -0.3 is 9.84 Å². The van der Waals surface area contributed by atoms with Crippen molar-refractivity contribution in [3.63, 3.8) is 0 Å². The summed E-state index contributed by atoms with van der Waals surface area (Å²) in [6.45, 7) is 2.71. The fraction of sp³-hybridized carbons (Fsp3) is 0.500. The van der Waals surface area contributed by atoms with Crippen LogP contribution < -0.4 is 0 Å². The molecule has 1 aromatic rings. The maximum absolute atomic E-state index is 10.4. The molecule has 1 N–H and O–H groups in total. The van der Waals surface area contributed by atoms with Crippen molar-refractivity contribution in [3.8, 4) is 0 Å². The van der Waals surface area contributed by atoms with E-state index in [1.807, 2.05) is 25.1 Å². The minimum Gasteiger partial charge on any atom is -0.385 e. The van der Waals surface area contributed by atoms with E-state index in [2.05, 4.69) is 31.9 Å². The smallest absolute Gasteiger partial charge is 0.109 e. The van der Waals surface area contributed by atoms with Crippen LogP contribution in [-0.2, 0) is 4.74 Å². The van der Waals surface area contributed by atoms with Crippen LogP contribution in [0, 0.1) is 0 Å². The van der Waals surface area contributed by atoms with Gasteiger partial charge >= 0.3 is 0 Å². The normalized spacial score (nSPS) is 27.0. The van der Waals surface area contributed by atoms with Crippen molar-refractivity contribution in [2.75, 3.05) is 6.61 Å². The molecule has 16 heavy (non-hydrogen) atoms. The van der Waals surface area contributed by atoms with E-state index in [1.54, 1.807) is 0 Å². The topological polar surface area (TPSA) is 29.5 Å². The second kappa shape index (κ2) is 4.77. The van der Waals surface area contributed by atoms with E-state index < -0.39 is 11.7 Å². The summed E-state index contributed by atoms with van der Waals surface area (Å²) < 4.78 is 7.55. The Kier molecular flexibility index (Phi) is 3.74. The summed E-state index contributed by atoms with van der Waals surface area (Å²) >= 11 is 6.88. The van der Waals surface area contributed by atoms with Gasteiger partial charge in [-0.05, 0) is 43.5 Å². The van der Waals surface area contributed by atoms with Crippen LogP contribution in [-0.4, -0.2) is 17.3 Å². The van der Waals surface area contributed by atoms with Gasteiger partial charge in [0.15, 0.2) is 0 Å². The lowest BCUT2D eigenvalue weighted by molar-refractivity contribution is -0.0799. The van der Waals surface area contributed by atoms with Gasteiger partial charge in [0.2, 0.25) is 0 Å². The number of aliphatic hydroxyl groups is 1. The zero-order valence-electron chi connectivity index (χ0n) is 9.04. The molecule has 2 rings (SSSR count). The number of ether oxygens (including phenoxy) is 1. The van der Waals surface area contributed by atoms with E-state index >= 15 is 0 Å². The highest BCUT2D eigenvalue weighted by Gasteiger charge is 2.39. The van der Waals surface area contributed by atoms with Gasteiger partial charge in [-0.25, -0.2) is 0 Å². The maximum atomic E-state index is 10.4. The molecule has 2 nitrogen and oxygen atoms in total. The third-order valence-corrected chi connectivity index (χ3v) is 4.30. The van der Waals surface area contributed by atoms with Crippen LogP contribution in [0.4, 0.5) is 0 Å². The van der Waals surface area contributed by atoms with Gasteiger partial charge in [-0.3, -0.25) is 0 Å². The fourth-order valence-corrected chi connectivity index (χ4v) is 2.91. The van der Waals surface area contributed by atoms with Crippen LogP contribution in [0.1, 0.15) is 31.4 Å². The van der Waals surface area contributed by atoms with Crippen molar-refractivity contribution in [1.82, 2.24) is 0 Å². The maximum Gasteiger partial charge on any atom is 0.109 e. The van der Waals surface area contributed by atoms with Crippen LogP contribution in [0.25, 0.3) is 0 Å². The van der Waals surface area contributed by atoms with Crippen molar-refractivity contribution in [3.05, 3.63) is 32.7 Å². The Morgan fingerprint density at radius 2 is 2.19 bits per heavy atom. The molecule has 0 amide bonds. The predicted octanol–water partition coefficient (Wildman–Crippen LogP) is 3.81. The van der Waals surface area contributed by atoms with Crippen molar-refractivity contribution in [2.24, 2.45) is 0 Å². The Hall–Kier alpha value is 0.1000. The minimum absolute atomic E-state index is 0.455. The molecule has 0 aliphatic carbocycles. The lowest BCUT2D eigenvalue weighted by atomic mass is 9.90. The van der Waals surface area contributed by atoms with Crippen molar-refractivity contribution in [2.45, 2.75) is 31.5 Å². The second-order valence-electron chi connectivity index (χ2n) is 4.33. The first-order chi connectivity index (χ1) is 7.53. The standard InChI is InChI=1S/C12H14Br2O2/c1-12(5-2-6-16-12)11(15)9-7-8(13)3-4-10(9)14/h3-4,7,11,15H,2,5-6H2,1H3. The lowest BCUT2D eigenvalue weighted by Crippen LogP contribution is -2.32. The first kappa shape index (κ1) is 12.6. The Balaban J connectivity index is 2.32. The summed E-state index contributed by atoms with van der Waals surface area (Å²) in [5, 5.41) is 10.4. The largest absolute Gasteiger partial charge is 0.385 e. The molecule has 2 atom stereocenters. The Bertz CT molecular complexity index is 387. The molecule has 0 radical (unpaired) electrons. The van der Waals surface area contributed by atoms with Gasteiger partial charge in [-0.15, -0.1) is 0 Å². The molecule has 1 aliphatic heterocycles. The average molecular weight is 350 g/mol. The molecule has 1 saturated heterocycles. The third kappa shape index (κ3) is 2.35. The molecule has 0 spiro atoms. The molecule has 1 fully saturated rings. The van der Waals surface area contributed by atoms with Gasteiger partial charge in [0.1, 0.15) is 6.10 Å². The Labute approximate surface area is 112 Å². The quantitative estimate of drug-likeness (QED) is 0.879. The molecule has 1 aliphatic rings. The summed E-state index contributed by atoms with van der Waals surface area (Å²) in [7, 11) is 0. The molecule has 0 aromatic heterocycles. The number of hydrogen-bond acceptors (Lipinski definition) is 2. The molecule has 4 heteroatoms. The van der Waals surface area contributed by atoms with Gasteiger partial charge in [-0.2, -0.15) is 0 Å². The number of aliphatic hydroxyl groups excluding tert-OH is 1. The van der Waals surface area contributed by atoms with Crippen LogP contribution >= 0.6 is 31.9 Å². The van der Waals surface area contributed by atoms with Crippen LogP contribution in [0.15, 0.2) is 27.1 Å². The molecular formula is C12H14Br2O2. The third-order valence-electron chi connectivity index (χ3n) is 3.08. The number of halogens is 2. The molecule has 1 aromatic carbocycles. The highest BCUT2D eigenvalue weighted by Crippen LogP contribution is 2.40. The number of hydrogen-bond donors (Lipinski definition) is 1. The monoisotopic (exact) mass is 348 g/mol. The first-order valence-electron chi connectivity index (χ1n) is 5.30. The Morgan fingerprint density at radius 3 is 2.81 bits per heavy atom. The van der Waals surface area contributed by atoms with E-state index in [9.17, 15) is 5.11 Å². The lowest BCUT2D eigenvalue weighted by Gasteiger charge is -2.30. The van der Waals surface area contributed by atoms with E-state index in [0.29, 0.717) is 0 Å². The van der Waals surface area contributed by atoms with Crippen LogP contribution in [0.2, 0.25) is 0 Å². The highest BCUT2D eigenvalue weighted by molar-refractivity contribution is 9.11. The van der Waals surface area contributed by atoms with Crippen LogP contribution in [0.5, 0.6) is 0 Å². The summed E-state index contributed by atoms with van der Waals surface area (Å²) in [6.07, 6.45) is 1.31. The molecule has 0 bridgehead atoms. The fourth-order valence-electron chi connectivity index (χ4n) is 2.07. The summed E-state index contributed by atoms with van der Waals surface area (Å²) in [4.78, 5) is 0. The Morgan fingerprint density at radius 1 is 1.44 bits per heavy atom. The van der Waals surface area contributed by atoms with Gasteiger partial charge in [0, 0.05) is 15.6 Å². The number of benzene rings is 1. The van der Waals surface area contributed by atoms with Crippen LogP contribution in [0.3, 0.4) is 0 Å². The molecule has 2 unspecified atom stereocenters. The van der Waals surface area contributed by atoms with Gasteiger partial charge in [0.05, 0.1) is 5.60 Å². The van der Waals surface area contributed by atoms with Gasteiger partial charge in [0.25, 0.3) is 0 Å². The van der Waals surface area contributed by atoms with E-state index in [1.165, 1.54) is 0 Å². The highest BCUT2D eigenvalue weighted by atomic mass is 79.9. The molecule has 88 valence electrons. The van der Waals surface area contributed by atoms with Crippen molar-refractivity contribution < 1.29 is 9.84 Å². The second-order valence-corrected chi connectivity index (χ2v) is 6.10. The summed E-state index contributed by atoms with van der Waals surface area (Å²) in [6, 6.07) is 5.81. The predicted molar refractivity (Wildman–Crippen MR) is 70.4 cm³/mol. The first-order valence-corrected chi connectivity index (χ1v) is 6.88. The van der Waals surface area contributed by atoms with E-state index in [4.69, 9.17) is 4.74 Å². The molecular weight excluding hydrogens is 336 g/mol. The van der Waals surface area contributed by atoms with Crippen molar-refractivity contribution >= 4 is 31.9 Å². The number of rotatable bonds is 2. The SMILES string of the molecule is CC1(C(O)c2cc(Br)ccc2Br)CCCO1. The minimum atomic E-state index is -0.595. The van der Waals surface area contributed by atoms with Gasteiger partial charge in [-0.1, -0.05) is 31.9 Å². The van der Waals surface area contributed by atoms with E-state index in [0.717, 1.165) is 34.0 Å². The average Bonchev–Trinajstić information content (AvgIpc) is 2.69. The summed E-state index contributed by atoms with van der Waals surface area (Å²) in [5.74, 6) is 0. The zero-order valence-corrected chi connectivity index (χ0v) is 12.2. The zero-order chi connectivity index (χ0) is 11.8.